The van der Waals surface area contributed by atoms with E-state index in [-0.39, 0.29) is 0 Å². The number of nitrogens with one attached hydrogen (secondary N) is 1. The lowest BCUT2D eigenvalue weighted by molar-refractivity contribution is 0.399. The fraction of sp³-hybridized carbons (Fsp3) is 0.154. The Bertz CT molecular complexity index is 648. The molecule has 0 atom stereocenters. The number of nitrogen functional groups attached to an aromatic ring is 1. The van der Waals surface area contributed by atoms with E-state index < -0.39 is 0 Å². The highest BCUT2D eigenvalue weighted by Crippen LogP contribution is 2.29. The van der Waals surface area contributed by atoms with Gasteiger partial charge >= 0.3 is 0 Å². The molecular weight excluding hydrogens is 242 g/mol. The van der Waals surface area contributed by atoms with Gasteiger partial charge in [-0.1, -0.05) is 12.1 Å². The zero-order chi connectivity index (χ0) is 13.8. The Labute approximate surface area is 110 Å². The summed E-state index contributed by atoms with van der Waals surface area (Å²) in [4.78, 5) is 7.95. The van der Waals surface area contributed by atoms with Crippen LogP contribution in [-0.4, -0.2) is 17.1 Å². The first kappa shape index (κ1) is 12.6. The molecule has 19 heavy (non-hydrogen) atoms. The number of anilines is 3. The van der Waals surface area contributed by atoms with Gasteiger partial charge in [0.05, 0.1) is 18.4 Å². The van der Waals surface area contributed by atoms with Crippen LogP contribution >= 0.6 is 0 Å². The molecule has 6 nitrogen and oxygen atoms in total. The molecule has 0 radical (unpaired) electrons. The third-order valence-corrected chi connectivity index (χ3v) is 2.68. The van der Waals surface area contributed by atoms with Gasteiger partial charge in [-0.25, -0.2) is 4.98 Å². The summed E-state index contributed by atoms with van der Waals surface area (Å²) < 4.78 is 5.02. The predicted octanol–water partition coefficient (Wildman–Crippen LogP) is 1.99. The standard InChI is InChI=1S/C13H13N5O/c1-8-4-3-5-10(9(8)6-14)18-12-11(15)13(19-2)17-7-16-12/h3-5,7H,15H2,1-2H3,(H,16,17,18). The fourth-order valence-corrected chi connectivity index (χ4v) is 1.69. The average Bonchev–Trinajstić information content (AvgIpc) is 2.41. The maximum Gasteiger partial charge on any atom is 0.242 e. The Kier molecular flexibility index (Phi) is 3.48. The van der Waals surface area contributed by atoms with E-state index in [2.05, 4.69) is 21.4 Å². The van der Waals surface area contributed by atoms with Crippen LogP contribution in [0.25, 0.3) is 0 Å². The molecule has 1 aromatic heterocycles. The molecule has 0 spiro atoms. The average molecular weight is 255 g/mol. The zero-order valence-electron chi connectivity index (χ0n) is 10.6. The van der Waals surface area contributed by atoms with E-state index in [0.717, 1.165) is 5.56 Å². The zero-order valence-corrected chi connectivity index (χ0v) is 10.6. The highest BCUT2D eigenvalue weighted by atomic mass is 16.5. The second-order valence-corrected chi connectivity index (χ2v) is 3.88. The van der Waals surface area contributed by atoms with E-state index in [1.807, 2.05) is 19.1 Å². The van der Waals surface area contributed by atoms with Crippen LogP contribution in [0, 0.1) is 18.3 Å². The van der Waals surface area contributed by atoms with Crippen molar-refractivity contribution in [2.45, 2.75) is 6.92 Å². The first-order valence-electron chi connectivity index (χ1n) is 5.58. The van der Waals surface area contributed by atoms with E-state index in [1.54, 1.807) is 6.07 Å². The van der Waals surface area contributed by atoms with E-state index in [4.69, 9.17) is 15.7 Å². The normalized spacial score (nSPS) is 9.74. The van der Waals surface area contributed by atoms with Crippen molar-refractivity contribution >= 4 is 17.2 Å². The molecule has 0 aliphatic heterocycles. The molecule has 1 heterocycles. The molecule has 0 fully saturated rings. The number of methoxy groups -OCH3 is 1. The number of nitriles is 1. The Balaban J connectivity index is 2.43. The van der Waals surface area contributed by atoms with Crippen LogP contribution in [0.15, 0.2) is 24.5 Å². The summed E-state index contributed by atoms with van der Waals surface area (Å²) in [7, 11) is 1.48. The minimum Gasteiger partial charge on any atom is -0.479 e. The van der Waals surface area contributed by atoms with Gasteiger partial charge in [-0.15, -0.1) is 0 Å². The summed E-state index contributed by atoms with van der Waals surface area (Å²) in [6.07, 6.45) is 1.35. The summed E-state index contributed by atoms with van der Waals surface area (Å²) in [5, 5.41) is 12.2. The van der Waals surface area contributed by atoms with Crippen LogP contribution in [0.3, 0.4) is 0 Å². The van der Waals surface area contributed by atoms with Crippen LogP contribution < -0.4 is 15.8 Å². The third-order valence-electron chi connectivity index (χ3n) is 2.68. The second kappa shape index (κ2) is 5.23. The minimum atomic E-state index is 0.295. The van der Waals surface area contributed by atoms with Crippen molar-refractivity contribution in [1.82, 2.24) is 9.97 Å². The maximum absolute atomic E-state index is 9.17. The van der Waals surface area contributed by atoms with Crippen molar-refractivity contribution in [1.29, 1.82) is 5.26 Å². The molecule has 0 saturated heterocycles. The second-order valence-electron chi connectivity index (χ2n) is 3.88. The molecule has 0 amide bonds. The Hall–Kier alpha value is -2.81. The van der Waals surface area contributed by atoms with Crippen molar-refractivity contribution in [3.63, 3.8) is 0 Å². The summed E-state index contributed by atoms with van der Waals surface area (Å²) in [5.74, 6) is 0.706. The first-order valence-corrected chi connectivity index (χ1v) is 5.58. The number of nitrogens with zero attached hydrogens (tertiary/aromatic N) is 3. The number of aromatic nitrogens is 2. The van der Waals surface area contributed by atoms with Crippen molar-refractivity contribution in [3.05, 3.63) is 35.7 Å². The fourth-order valence-electron chi connectivity index (χ4n) is 1.69. The van der Waals surface area contributed by atoms with Gasteiger partial charge in [0.2, 0.25) is 5.88 Å². The molecule has 2 aromatic rings. The summed E-state index contributed by atoms with van der Waals surface area (Å²) in [6.45, 7) is 1.87. The quantitative estimate of drug-likeness (QED) is 0.870. The van der Waals surface area contributed by atoms with Gasteiger partial charge in [0.1, 0.15) is 18.1 Å². The van der Waals surface area contributed by atoms with E-state index in [1.165, 1.54) is 13.4 Å². The van der Waals surface area contributed by atoms with E-state index >= 15 is 0 Å². The SMILES string of the molecule is COc1ncnc(Nc2cccc(C)c2C#N)c1N. The van der Waals surface area contributed by atoms with E-state index in [9.17, 15) is 0 Å². The van der Waals surface area contributed by atoms with Gasteiger partial charge in [0.15, 0.2) is 5.82 Å². The number of aryl methyl sites for hydroxylation is 1. The summed E-state index contributed by atoms with van der Waals surface area (Å²) in [6, 6.07) is 7.67. The van der Waals surface area contributed by atoms with Crippen LogP contribution in [0.5, 0.6) is 5.88 Å². The van der Waals surface area contributed by atoms with Crippen molar-refractivity contribution in [3.8, 4) is 11.9 Å². The lowest BCUT2D eigenvalue weighted by Crippen LogP contribution is -2.04. The Morgan fingerprint density at radius 2 is 2.16 bits per heavy atom. The molecule has 6 heteroatoms. The van der Waals surface area contributed by atoms with Crippen molar-refractivity contribution < 1.29 is 4.74 Å². The van der Waals surface area contributed by atoms with E-state index in [0.29, 0.717) is 28.6 Å². The molecule has 0 bridgehead atoms. The molecule has 3 N–H and O–H groups in total. The van der Waals surface area contributed by atoms with Gasteiger partial charge < -0.3 is 15.8 Å². The number of hydrogen-bond acceptors (Lipinski definition) is 6. The van der Waals surface area contributed by atoms with Gasteiger partial charge in [0.25, 0.3) is 0 Å². The van der Waals surface area contributed by atoms with Gasteiger partial charge in [-0.05, 0) is 18.6 Å². The van der Waals surface area contributed by atoms with Crippen LogP contribution in [0.1, 0.15) is 11.1 Å². The topological polar surface area (TPSA) is 96.9 Å². The number of benzene rings is 1. The minimum absolute atomic E-state index is 0.295. The Morgan fingerprint density at radius 3 is 2.84 bits per heavy atom. The molecule has 96 valence electrons. The number of nitrogens with two attached hydrogens (primary N) is 1. The van der Waals surface area contributed by atoms with Crippen LogP contribution in [-0.2, 0) is 0 Å². The first-order chi connectivity index (χ1) is 9.17. The highest BCUT2D eigenvalue weighted by molar-refractivity contribution is 5.75. The lowest BCUT2D eigenvalue weighted by atomic mass is 10.1. The van der Waals surface area contributed by atoms with Crippen LogP contribution in [0.2, 0.25) is 0 Å². The summed E-state index contributed by atoms with van der Waals surface area (Å²) >= 11 is 0. The molecule has 0 unspecified atom stereocenters. The van der Waals surface area contributed by atoms with Gasteiger partial charge in [0, 0.05) is 0 Å². The molecule has 0 saturated carbocycles. The molecule has 0 aliphatic carbocycles. The Morgan fingerprint density at radius 1 is 1.37 bits per heavy atom. The molecule has 1 aromatic carbocycles. The van der Waals surface area contributed by atoms with Crippen molar-refractivity contribution in [2.24, 2.45) is 0 Å². The van der Waals surface area contributed by atoms with Crippen LogP contribution in [0.4, 0.5) is 17.2 Å². The van der Waals surface area contributed by atoms with Gasteiger partial charge in [-0.2, -0.15) is 10.2 Å². The number of hydrogen-bond donors (Lipinski definition) is 2. The monoisotopic (exact) mass is 255 g/mol. The lowest BCUT2D eigenvalue weighted by Gasteiger charge is -2.12. The smallest absolute Gasteiger partial charge is 0.242 e. The van der Waals surface area contributed by atoms with Gasteiger partial charge in [-0.3, -0.25) is 0 Å². The molecule has 2 rings (SSSR count). The third kappa shape index (κ3) is 2.40. The molecular formula is C13H13N5O. The highest BCUT2D eigenvalue weighted by Gasteiger charge is 2.11. The largest absolute Gasteiger partial charge is 0.479 e. The summed E-state index contributed by atoms with van der Waals surface area (Å²) in [5.41, 5.74) is 8.26. The number of rotatable bonds is 3. The molecule has 0 aliphatic rings. The van der Waals surface area contributed by atoms with Crippen molar-refractivity contribution in [2.75, 3.05) is 18.2 Å². The predicted molar refractivity (Wildman–Crippen MR) is 72.2 cm³/mol. The maximum atomic E-state index is 9.17. The number of ether oxygens (including phenoxy) is 1.